The molecule has 1 N–H and O–H groups in total. The summed E-state index contributed by atoms with van der Waals surface area (Å²) in [7, 11) is 1.90. The summed E-state index contributed by atoms with van der Waals surface area (Å²) in [5.41, 5.74) is 1.75. The van der Waals surface area contributed by atoms with Crippen LogP contribution in [0.2, 0.25) is 0 Å². The van der Waals surface area contributed by atoms with Crippen molar-refractivity contribution in [2.75, 3.05) is 11.9 Å². The number of carbonyl (C=O) groups is 1. The predicted octanol–water partition coefficient (Wildman–Crippen LogP) is 2.11. The van der Waals surface area contributed by atoms with Crippen LogP contribution in [0.15, 0.2) is 18.2 Å². The number of aliphatic hydroxyl groups is 1. The lowest BCUT2D eigenvalue weighted by Gasteiger charge is -2.37. The molecule has 4 heteroatoms. The maximum absolute atomic E-state index is 10.7. The van der Waals surface area contributed by atoms with E-state index in [-0.39, 0.29) is 12.1 Å². The van der Waals surface area contributed by atoms with E-state index in [4.69, 9.17) is 0 Å². The van der Waals surface area contributed by atoms with Gasteiger partial charge < -0.3 is 10.0 Å². The number of nitrogens with zero attached hydrogens (tertiary/aromatic N) is 2. The first-order valence-electron chi connectivity index (χ1n) is 6.57. The van der Waals surface area contributed by atoms with Gasteiger partial charge >= 0.3 is 0 Å². The number of benzene rings is 1. The van der Waals surface area contributed by atoms with Crippen LogP contribution in [-0.2, 0) is 0 Å². The largest absolute Gasteiger partial charge is 0.391 e. The minimum atomic E-state index is -0.351. The normalized spacial score (nSPS) is 22.6. The highest BCUT2D eigenvalue weighted by Crippen LogP contribution is 2.28. The van der Waals surface area contributed by atoms with E-state index in [0.29, 0.717) is 11.1 Å². The molecule has 0 radical (unpaired) electrons. The van der Waals surface area contributed by atoms with E-state index in [0.717, 1.165) is 37.7 Å². The molecule has 2 unspecified atom stereocenters. The zero-order valence-corrected chi connectivity index (χ0v) is 11.0. The lowest BCUT2D eigenvalue weighted by atomic mass is 9.91. The first-order chi connectivity index (χ1) is 9.17. The van der Waals surface area contributed by atoms with E-state index < -0.39 is 0 Å². The summed E-state index contributed by atoms with van der Waals surface area (Å²) in [6.45, 7) is 0. The molecule has 0 saturated heterocycles. The fourth-order valence-corrected chi connectivity index (χ4v) is 2.75. The average molecular weight is 258 g/mol. The van der Waals surface area contributed by atoms with Gasteiger partial charge in [0.1, 0.15) is 12.4 Å². The van der Waals surface area contributed by atoms with Gasteiger partial charge in [0.25, 0.3) is 0 Å². The van der Waals surface area contributed by atoms with E-state index in [1.54, 1.807) is 18.2 Å². The molecule has 100 valence electrons. The van der Waals surface area contributed by atoms with Gasteiger partial charge in [-0.2, -0.15) is 5.26 Å². The second kappa shape index (κ2) is 5.85. The zero-order chi connectivity index (χ0) is 13.8. The Morgan fingerprint density at radius 2 is 2.16 bits per heavy atom. The summed E-state index contributed by atoms with van der Waals surface area (Å²) in [6, 6.07) is 7.24. The predicted molar refractivity (Wildman–Crippen MR) is 73.2 cm³/mol. The number of anilines is 1. The quantitative estimate of drug-likeness (QED) is 0.843. The Morgan fingerprint density at radius 3 is 2.79 bits per heavy atom. The molecule has 0 heterocycles. The summed E-state index contributed by atoms with van der Waals surface area (Å²) in [5.74, 6) is 0. The van der Waals surface area contributed by atoms with Crippen molar-refractivity contribution in [1.29, 1.82) is 5.26 Å². The van der Waals surface area contributed by atoms with E-state index in [2.05, 4.69) is 6.07 Å². The standard InChI is InChI=1S/C15H18N2O2/c1-17(14-4-2-3-5-15(14)19)13-7-6-11(10-18)8-12(13)9-16/h6-8,10,14-15,19H,2-5H2,1H3. The molecular formula is C15H18N2O2. The highest BCUT2D eigenvalue weighted by atomic mass is 16.3. The number of aliphatic hydroxyl groups excluding tert-OH is 1. The molecule has 0 amide bonds. The first-order valence-corrected chi connectivity index (χ1v) is 6.57. The van der Waals surface area contributed by atoms with Gasteiger partial charge in [-0.1, -0.05) is 12.8 Å². The van der Waals surface area contributed by atoms with Gasteiger partial charge in [-0.3, -0.25) is 4.79 Å². The fourth-order valence-electron chi connectivity index (χ4n) is 2.75. The summed E-state index contributed by atoms with van der Waals surface area (Å²) in [5, 5.41) is 19.3. The van der Waals surface area contributed by atoms with Crippen LogP contribution < -0.4 is 4.90 Å². The molecule has 0 aliphatic heterocycles. The molecule has 1 fully saturated rings. The van der Waals surface area contributed by atoms with E-state index >= 15 is 0 Å². The number of hydrogen-bond donors (Lipinski definition) is 1. The highest BCUT2D eigenvalue weighted by Gasteiger charge is 2.27. The van der Waals surface area contributed by atoms with E-state index in [9.17, 15) is 15.2 Å². The molecule has 1 saturated carbocycles. The van der Waals surface area contributed by atoms with Crippen molar-refractivity contribution in [2.45, 2.75) is 37.8 Å². The minimum absolute atomic E-state index is 0.0444. The van der Waals surface area contributed by atoms with Crippen LogP contribution in [0, 0.1) is 11.3 Å². The van der Waals surface area contributed by atoms with Gasteiger partial charge in [0, 0.05) is 12.6 Å². The average Bonchev–Trinajstić information content (AvgIpc) is 2.46. The lowest BCUT2D eigenvalue weighted by molar-refractivity contribution is 0.106. The molecule has 19 heavy (non-hydrogen) atoms. The van der Waals surface area contributed by atoms with Crippen LogP contribution in [-0.4, -0.2) is 30.6 Å². The van der Waals surface area contributed by atoms with Crippen molar-refractivity contribution in [3.05, 3.63) is 29.3 Å². The smallest absolute Gasteiger partial charge is 0.150 e. The van der Waals surface area contributed by atoms with Gasteiger partial charge in [0.15, 0.2) is 0 Å². The Morgan fingerprint density at radius 1 is 1.42 bits per heavy atom. The first kappa shape index (κ1) is 13.6. The van der Waals surface area contributed by atoms with Crippen LogP contribution >= 0.6 is 0 Å². The molecule has 2 rings (SSSR count). The minimum Gasteiger partial charge on any atom is -0.391 e. The van der Waals surface area contributed by atoms with Gasteiger partial charge in [0.2, 0.25) is 0 Å². The maximum atomic E-state index is 10.7. The van der Waals surface area contributed by atoms with Gasteiger partial charge in [-0.05, 0) is 31.0 Å². The molecule has 0 bridgehead atoms. The Bertz CT molecular complexity index is 507. The molecule has 1 aliphatic rings. The Labute approximate surface area is 113 Å². The number of aldehydes is 1. The molecule has 0 aromatic heterocycles. The third-order valence-corrected chi connectivity index (χ3v) is 3.85. The Hall–Kier alpha value is -1.86. The van der Waals surface area contributed by atoms with Crippen molar-refractivity contribution in [1.82, 2.24) is 0 Å². The van der Waals surface area contributed by atoms with Crippen LogP contribution in [0.3, 0.4) is 0 Å². The van der Waals surface area contributed by atoms with Crippen molar-refractivity contribution >= 4 is 12.0 Å². The van der Waals surface area contributed by atoms with E-state index in [1.807, 2.05) is 11.9 Å². The maximum Gasteiger partial charge on any atom is 0.150 e. The number of hydrogen-bond acceptors (Lipinski definition) is 4. The molecular weight excluding hydrogens is 240 g/mol. The number of nitriles is 1. The van der Waals surface area contributed by atoms with Crippen LogP contribution in [0.25, 0.3) is 0 Å². The Kier molecular flexibility index (Phi) is 4.18. The van der Waals surface area contributed by atoms with Crippen molar-refractivity contribution in [2.24, 2.45) is 0 Å². The summed E-state index contributed by atoms with van der Waals surface area (Å²) in [4.78, 5) is 12.7. The van der Waals surface area contributed by atoms with Crippen molar-refractivity contribution in [3.63, 3.8) is 0 Å². The molecule has 1 aromatic carbocycles. The van der Waals surface area contributed by atoms with Crippen LogP contribution in [0.5, 0.6) is 0 Å². The number of carbonyl (C=O) groups excluding carboxylic acids is 1. The van der Waals surface area contributed by atoms with Gasteiger partial charge in [-0.25, -0.2) is 0 Å². The summed E-state index contributed by atoms with van der Waals surface area (Å²) >= 11 is 0. The second-order valence-electron chi connectivity index (χ2n) is 5.04. The van der Waals surface area contributed by atoms with E-state index in [1.165, 1.54) is 0 Å². The van der Waals surface area contributed by atoms with Crippen molar-refractivity contribution < 1.29 is 9.90 Å². The second-order valence-corrected chi connectivity index (χ2v) is 5.04. The summed E-state index contributed by atoms with van der Waals surface area (Å²) in [6.07, 6.45) is 4.28. The topological polar surface area (TPSA) is 64.3 Å². The molecule has 2 atom stereocenters. The third kappa shape index (κ3) is 2.77. The third-order valence-electron chi connectivity index (χ3n) is 3.85. The lowest BCUT2D eigenvalue weighted by Crippen LogP contribution is -2.43. The van der Waals surface area contributed by atoms with Crippen molar-refractivity contribution in [3.8, 4) is 6.07 Å². The van der Waals surface area contributed by atoms with Crippen LogP contribution in [0.4, 0.5) is 5.69 Å². The SMILES string of the molecule is CN(c1ccc(C=O)cc1C#N)C1CCCCC1O. The van der Waals surface area contributed by atoms with Crippen LogP contribution in [0.1, 0.15) is 41.6 Å². The highest BCUT2D eigenvalue weighted by molar-refractivity contribution is 5.78. The zero-order valence-electron chi connectivity index (χ0n) is 11.0. The monoisotopic (exact) mass is 258 g/mol. The molecule has 4 nitrogen and oxygen atoms in total. The van der Waals surface area contributed by atoms with Gasteiger partial charge in [0.05, 0.1) is 23.4 Å². The molecule has 1 aliphatic carbocycles. The number of likely N-dealkylation sites (N-methyl/N-ethyl adjacent to an activating group) is 1. The molecule has 1 aromatic rings. The molecule has 0 spiro atoms. The number of rotatable bonds is 3. The Balaban J connectivity index is 2.30. The fraction of sp³-hybridized carbons (Fsp3) is 0.467. The van der Waals surface area contributed by atoms with Gasteiger partial charge in [-0.15, -0.1) is 0 Å². The summed E-state index contributed by atoms with van der Waals surface area (Å²) < 4.78 is 0.